The van der Waals surface area contributed by atoms with Crippen molar-refractivity contribution in [1.82, 2.24) is 0 Å². The van der Waals surface area contributed by atoms with Crippen LogP contribution in [0.25, 0.3) is 11.6 Å². The van der Waals surface area contributed by atoms with Crippen molar-refractivity contribution in [3.63, 3.8) is 0 Å². The molecule has 0 saturated carbocycles. The van der Waals surface area contributed by atoms with Gasteiger partial charge >= 0.3 is 0 Å². The second-order valence-electron chi connectivity index (χ2n) is 6.95. The molecule has 2 aromatic carbocycles. The zero-order valence-electron chi connectivity index (χ0n) is 16.5. The molecule has 0 saturated heterocycles. The van der Waals surface area contributed by atoms with Crippen molar-refractivity contribution in [3.05, 3.63) is 53.6 Å². The van der Waals surface area contributed by atoms with Gasteiger partial charge in [0.2, 0.25) is 0 Å². The Bertz CT molecular complexity index is 854. The highest BCUT2D eigenvalue weighted by atomic mass is 16.5. The van der Waals surface area contributed by atoms with Crippen LogP contribution in [-0.4, -0.2) is 25.7 Å². The molecule has 0 aromatic heterocycles. The largest absolute Gasteiger partial charge is 0.494 e. The van der Waals surface area contributed by atoms with Crippen molar-refractivity contribution in [2.24, 2.45) is 5.92 Å². The van der Waals surface area contributed by atoms with Gasteiger partial charge in [-0.3, -0.25) is 4.79 Å². The second kappa shape index (κ2) is 8.30. The lowest BCUT2D eigenvalue weighted by atomic mass is 10.0. The van der Waals surface area contributed by atoms with Gasteiger partial charge in [-0.1, -0.05) is 32.0 Å². The van der Waals surface area contributed by atoms with Crippen LogP contribution in [0.1, 0.15) is 38.8 Å². The Morgan fingerprint density at radius 2 is 1.78 bits per heavy atom. The number of nitrogens with zero attached hydrogens (tertiary/aromatic N) is 1. The number of ether oxygens (including phenoxy) is 2. The Kier molecular flexibility index (Phi) is 5.84. The highest BCUT2D eigenvalue weighted by Crippen LogP contribution is 2.39. The van der Waals surface area contributed by atoms with Crippen LogP contribution in [0.2, 0.25) is 0 Å². The summed E-state index contributed by atoms with van der Waals surface area (Å²) in [7, 11) is 0. The van der Waals surface area contributed by atoms with Gasteiger partial charge in [0.1, 0.15) is 11.5 Å². The second-order valence-corrected chi connectivity index (χ2v) is 6.95. The molecule has 4 heteroatoms. The van der Waals surface area contributed by atoms with Crippen LogP contribution in [0.15, 0.2) is 42.5 Å². The molecule has 142 valence electrons. The average molecular weight is 365 g/mol. The number of hydrogen-bond donors (Lipinski definition) is 0. The van der Waals surface area contributed by atoms with E-state index in [-0.39, 0.29) is 5.91 Å². The van der Waals surface area contributed by atoms with Crippen LogP contribution in [0.4, 0.5) is 5.69 Å². The standard InChI is InChI=1S/C23H27NO3/c1-5-26-18-12-11-17(22(14-18)27-6-2)13-20-19-9-7-8-10-21(19)24(23(20)25)15-16(3)4/h7-14,16H,5-6,15H2,1-4H3/b20-13-. The molecule has 0 fully saturated rings. The molecule has 0 atom stereocenters. The van der Waals surface area contributed by atoms with E-state index in [9.17, 15) is 4.79 Å². The number of rotatable bonds is 7. The van der Waals surface area contributed by atoms with E-state index in [4.69, 9.17) is 9.47 Å². The zero-order valence-corrected chi connectivity index (χ0v) is 16.5. The third-order valence-corrected chi connectivity index (χ3v) is 4.40. The van der Waals surface area contributed by atoms with Gasteiger partial charge < -0.3 is 14.4 Å². The van der Waals surface area contributed by atoms with E-state index in [2.05, 4.69) is 13.8 Å². The highest BCUT2D eigenvalue weighted by Gasteiger charge is 2.32. The van der Waals surface area contributed by atoms with Crippen LogP contribution in [0.3, 0.4) is 0 Å². The summed E-state index contributed by atoms with van der Waals surface area (Å²) in [6.45, 7) is 10.00. The van der Waals surface area contributed by atoms with Gasteiger partial charge in [0.05, 0.1) is 18.9 Å². The van der Waals surface area contributed by atoms with Gasteiger partial charge in [-0.05, 0) is 44.0 Å². The lowest BCUT2D eigenvalue weighted by molar-refractivity contribution is -0.113. The Hall–Kier alpha value is -2.75. The molecule has 1 aliphatic rings. The highest BCUT2D eigenvalue weighted by molar-refractivity contribution is 6.35. The molecule has 1 aliphatic heterocycles. The molecule has 3 rings (SSSR count). The maximum atomic E-state index is 13.1. The molecule has 0 radical (unpaired) electrons. The van der Waals surface area contributed by atoms with Crippen molar-refractivity contribution >= 4 is 23.2 Å². The van der Waals surface area contributed by atoms with E-state index >= 15 is 0 Å². The third-order valence-electron chi connectivity index (χ3n) is 4.40. The number of benzene rings is 2. The summed E-state index contributed by atoms with van der Waals surface area (Å²) in [5.74, 6) is 1.93. The number of para-hydroxylation sites is 1. The van der Waals surface area contributed by atoms with Crippen molar-refractivity contribution in [1.29, 1.82) is 0 Å². The molecule has 1 amide bonds. The van der Waals surface area contributed by atoms with Gasteiger partial charge in [0.15, 0.2) is 0 Å². The van der Waals surface area contributed by atoms with Crippen LogP contribution in [-0.2, 0) is 4.79 Å². The fraction of sp³-hybridized carbons (Fsp3) is 0.348. The van der Waals surface area contributed by atoms with E-state index in [1.165, 1.54) is 0 Å². The molecule has 0 aliphatic carbocycles. The quantitative estimate of drug-likeness (QED) is 0.646. The Morgan fingerprint density at radius 3 is 2.48 bits per heavy atom. The first-order valence-electron chi connectivity index (χ1n) is 9.57. The molecule has 0 bridgehead atoms. The van der Waals surface area contributed by atoms with E-state index in [1.807, 2.05) is 67.3 Å². The molecule has 4 nitrogen and oxygen atoms in total. The maximum Gasteiger partial charge on any atom is 0.259 e. The minimum atomic E-state index is 0.0428. The predicted octanol–water partition coefficient (Wildman–Crippen LogP) is 5.03. The number of carbonyl (C=O) groups excluding carboxylic acids is 1. The summed E-state index contributed by atoms with van der Waals surface area (Å²) >= 11 is 0. The molecule has 0 spiro atoms. The van der Waals surface area contributed by atoms with Crippen LogP contribution in [0.5, 0.6) is 11.5 Å². The molecular weight excluding hydrogens is 338 g/mol. The monoisotopic (exact) mass is 365 g/mol. The van der Waals surface area contributed by atoms with Gasteiger partial charge in [0, 0.05) is 29.3 Å². The molecule has 2 aromatic rings. The van der Waals surface area contributed by atoms with Crippen LogP contribution < -0.4 is 14.4 Å². The number of hydrogen-bond acceptors (Lipinski definition) is 3. The number of fused-ring (bicyclic) bond motifs is 1. The fourth-order valence-corrected chi connectivity index (χ4v) is 3.32. The number of amides is 1. The van der Waals surface area contributed by atoms with Crippen molar-refractivity contribution < 1.29 is 14.3 Å². The topological polar surface area (TPSA) is 38.8 Å². The van der Waals surface area contributed by atoms with Crippen LogP contribution in [0, 0.1) is 5.92 Å². The summed E-state index contributed by atoms with van der Waals surface area (Å²) in [5.41, 5.74) is 3.53. The predicted molar refractivity (Wildman–Crippen MR) is 110 cm³/mol. The Balaban J connectivity index is 2.05. The third kappa shape index (κ3) is 4.00. The SMILES string of the molecule is CCOc1ccc(/C=C2\C(=O)N(CC(C)C)c3ccccc32)c(OCC)c1. The van der Waals surface area contributed by atoms with Gasteiger partial charge in [-0.2, -0.15) is 0 Å². The molecule has 0 N–H and O–H groups in total. The molecule has 0 unspecified atom stereocenters. The fourth-order valence-electron chi connectivity index (χ4n) is 3.32. The zero-order chi connectivity index (χ0) is 19.4. The Labute approximate surface area is 161 Å². The lowest BCUT2D eigenvalue weighted by Gasteiger charge is -2.19. The minimum Gasteiger partial charge on any atom is -0.494 e. The van der Waals surface area contributed by atoms with E-state index in [1.54, 1.807) is 0 Å². The first kappa shape index (κ1) is 19.0. The summed E-state index contributed by atoms with van der Waals surface area (Å²) in [6.07, 6.45) is 1.93. The minimum absolute atomic E-state index is 0.0428. The van der Waals surface area contributed by atoms with Gasteiger partial charge in [0.25, 0.3) is 5.91 Å². The van der Waals surface area contributed by atoms with E-state index in [0.29, 0.717) is 31.2 Å². The number of carbonyl (C=O) groups is 1. The first-order valence-corrected chi connectivity index (χ1v) is 9.57. The Morgan fingerprint density at radius 1 is 1.04 bits per heavy atom. The van der Waals surface area contributed by atoms with Gasteiger partial charge in [-0.25, -0.2) is 0 Å². The smallest absolute Gasteiger partial charge is 0.259 e. The molecule has 1 heterocycles. The summed E-state index contributed by atoms with van der Waals surface area (Å²) in [5, 5.41) is 0. The first-order chi connectivity index (χ1) is 13.0. The normalized spacial score (nSPS) is 14.8. The van der Waals surface area contributed by atoms with E-state index < -0.39 is 0 Å². The van der Waals surface area contributed by atoms with Crippen molar-refractivity contribution in [2.75, 3.05) is 24.7 Å². The lowest BCUT2D eigenvalue weighted by Crippen LogP contribution is -2.30. The van der Waals surface area contributed by atoms with E-state index in [0.717, 1.165) is 28.3 Å². The van der Waals surface area contributed by atoms with Crippen LogP contribution >= 0.6 is 0 Å². The van der Waals surface area contributed by atoms with Crippen molar-refractivity contribution in [2.45, 2.75) is 27.7 Å². The molecule has 27 heavy (non-hydrogen) atoms. The summed E-state index contributed by atoms with van der Waals surface area (Å²) < 4.78 is 11.4. The van der Waals surface area contributed by atoms with Gasteiger partial charge in [-0.15, -0.1) is 0 Å². The summed E-state index contributed by atoms with van der Waals surface area (Å²) in [4.78, 5) is 15.0. The molecular formula is C23H27NO3. The average Bonchev–Trinajstić information content (AvgIpc) is 2.90. The van der Waals surface area contributed by atoms with Crippen molar-refractivity contribution in [3.8, 4) is 11.5 Å². The summed E-state index contributed by atoms with van der Waals surface area (Å²) in [6, 6.07) is 13.7. The maximum absolute atomic E-state index is 13.1. The number of anilines is 1.